The molecule has 1 aromatic rings. The number of carbonyl (C=O) groups is 1. The summed E-state index contributed by atoms with van der Waals surface area (Å²) in [4.78, 5) is 11.0. The molecule has 3 N–H and O–H groups in total. The van der Waals surface area contributed by atoms with E-state index in [1.54, 1.807) is 6.92 Å². The van der Waals surface area contributed by atoms with Crippen molar-refractivity contribution in [3.8, 4) is 0 Å². The van der Waals surface area contributed by atoms with Crippen LogP contribution in [0.2, 0.25) is 0 Å². The van der Waals surface area contributed by atoms with Gasteiger partial charge < -0.3 is 11.1 Å². The van der Waals surface area contributed by atoms with Crippen molar-refractivity contribution in [1.82, 2.24) is 0 Å². The second-order valence-electron chi connectivity index (χ2n) is 3.19. The molecule has 1 amide bonds. The summed E-state index contributed by atoms with van der Waals surface area (Å²) in [6.07, 6.45) is 0. The minimum atomic E-state index is -0.502. The highest BCUT2D eigenvalue weighted by molar-refractivity contribution is 5.86. The number of para-hydroxylation sites is 1. The van der Waals surface area contributed by atoms with Crippen LogP contribution in [0.15, 0.2) is 42.5 Å². The number of nitrogens with two attached hydrogens (primary N) is 1. The number of hydrogen-bond acceptors (Lipinski definition) is 2. The van der Waals surface area contributed by atoms with Gasteiger partial charge in [-0.05, 0) is 24.6 Å². The number of carbonyl (C=O) groups excluding carboxylic acids is 1. The molecule has 0 saturated carbocycles. The fourth-order valence-corrected chi connectivity index (χ4v) is 1.14. The SMILES string of the molecule is C=C(C)C(Nc1ccccc1)C(N)=O. The van der Waals surface area contributed by atoms with E-state index in [0.29, 0.717) is 5.57 Å². The van der Waals surface area contributed by atoms with E-state index >= 15 is 0 Å². The first kappa shape index (κ1) is 10.3. The van der Waals surface area contributed by atoms with Crippen molar-refractivity contribution in [2.75, 3.05) is 5.32 Å². The molecule has 3 heteroatoms. The van der Waals surface area contributed by atoms with Gasteiger partial charge >= 0.3 is 0 Å². The average molecular weight is 190 g/mol. The minimum Gasteiger partial charge on any atom is -0.370 e. The first-order valence-electron chi connectivity index (χ1n) is 4.37. The lowest BCUT2D eigenvalue weighted by Gasteiger charge is -2.16. The Labute approximate surface area is 83.6 Å². The molecule has 0 saturated heterocycles. The molecule has 1 rings (SSSR count). The van der Waals surface area contributed by atoms with Gasteiger partial charge in [0.05, 0.1) is 0 Å². The van der Waals surface area contributed by atoms with E-state index in [2.05, 4.69) is 11.9 Å². The van der Waals surface area contributed by atoms with E-state index in [0.717, 1.165) is 5.69 Å². The summed E-state index contributed by atoms with van der Waals surface area (Å²) in [5.41, 5.74) is 6.79. The number of anilines is 1. The molecule has 74 valence electrons. The van der Waals surface area contributed by atoms with Crippen molar-refractivity contribution in [1.29, 1.82) is 0 Å². The third-order valence-corrected chi connectivity index (χ3v) is 1.86. The van der Waals surface area contributed by atoms with Gasteiger partial charge in [0, 0.05) is 5.69 Å². The summed E-state index contributed by atoms with van der Waals surface area (Å²) < 4.78 is 0. The lowest BCUT2D eigenvalue weighted by atomic mass is 10.1. The molecule has 0 aromatic heterocycles. The third-order valence-electron chi connectivity index (χ3n) is 1.86. The molecule has 0 radical (unpaired) electrons. The summed E-state index contributed by atoms with van der Waals surface area (Å²) >= 11 is 0. The average Bonchev–Trinajstić information content (AvgIpc) is 2.15. The highest BCUT2D eigenvalue weighted by Gasteiger charge is 2.14. The van der Waals surface area contributed by atoms with E-state index in [9.17, 15) is 4.79 Å². The highest BCUT2D eigenvalue weighted by atomic mass is 16.1. The number of nitrogens with one attached hydrogen (secondary N) is 1. The zero-order valence-corrected chi connectivity index (χ0v) is 8.16. The highest BCUT2D eigenvalue weighted by Crippen LogP contribution is 2.10. The second kappa shape index (κ2) is 4.46. The van der Waals surface area contributed by atoms with Gasteiger partial charge in [0.15, 0.2) is 0 Å². The molecule has 3 nitrogen and oxygen atoms in total. The topological polar surface area (TPSA) is 55.1 Å². The summed E-state index contributed by atoms with van der Waals surface area (Å²) in [5.74, 6) is -0.415. The van der Waals surface area contributed by atoms with Crippen molar-refractivity contribution in [2.45, 2.75) is 13.0 Å². The maximum absolute atomic E-state index is 11.0. The number of amides is 1. The van der Waals surface area contributed by atoms with Crippen LogP contribution in [0, 0.1) is 0 Å². The molecule has 0 aliphatic rings. The van der Waals surface area contributed by atoms with E-state index in [4.69, 9.17) is 5.73 Å². The Morgan fingerprint density at radius 2 is 2.00 bits per heavy atom. The molecular formula is C11H14N2O. The number of benzene rings is 1. The lowest BCUT2D eigenvalue weighted by Crippen LogP contribution is -2.36. The van der Waals surface area contributed by atoms with Gasteiger partial charge in [-0.3, -0.25) is 4.79 Å². The van der Waals surface area contributed by atoms with Gasteiger partial charge in [-0.1, -0.05) is 24.8 Å². The number of rotatable bonds is 4. The normalized spacial score (nSPS) is 11.8. The molecule has 0 aliphatic heterocycles. The van der Waals surface area contributed by atoms with Gasteiger partial charge in [0.2, 0.25) is 5.91 Å². The predicted octanol–water partition coefficient (Wildman–Crippen LogP) is 1.53. The lowest BCUT2D eigenvalue weighted by molar-refractivity contribution is -0.118. The van der Waals surface area contributed by atoms with Crippen molar-refractivity contribution in [3.05, 3.63) is 42.5 Å². The van der Waals surface area contributed by atoms with Crippen LogP contribution in [0.3, 0.4) is 0 Å². The van der Waals surface area contributed by atoms with E-state index in [1.165, 1.54) is 0 Å². The molecule has 0 fully saturated rings. The standard InChI is InChI=1S/C11H14N2O/c1-8(2)10(11(12)14)13-9-6-4-3-5-7-9/h3-7,10,13H,1H2,2H3,(H2,12,14). The Morgan fingerprint density at radius 3 is 2.43 bits per heavy atom. The Bertz CT molecular complexity index is 318. The monoisotopic (exact) mass is 190 g/mol. The van der Waals surface area contributed by atoms with Crippen LogP contribution >= 0.6 is 0 Å². The fraction of sp³-hybridized carbons (Fsp3) is 0.182. The van der Waals surface area contributed by atoms with Gasteiger partial charge in [-0.25, -0.2) is 0 Å². The first-order valence-corrected chi connectivity index (χ1v) is 4.37. The van der Waals surface area contributed by atoms with Gasteiger partial charge in [-0.15, -0.1) is 0 Å². The zero-order chi connectivity index (χ0) is 10.6. The molecule has 0 aliphatic carbocycles. The predicted molar refractivity (Wildman–Crippen MR) is 57.9 cm³/mol. The first-order chi connectivity index (χ1) is 6.61. The molecule has 1 unspecified atom stereocenters. The summed E-state index contributed by atoms with van der Waals surface area (Å²) in [6, 6.07) is 8.93. The van der Waals surface area contributed by atoms with Crippen LogP contribution < -0.4 is 11.1 Å². The molecule has 14 heavy (non-hydrogen) atoms. The maximum atomic E-state index is 11.0. The summed E-state index contributed by atoms with van der Waals surface area (Å²) in [5, 5.41) is 3.00. The van der Waals surface area contributed by atoms with E-state index in [1.807, 2.05) is 30.3 Å². The van der Waals surface area contributed by atoms with Gasteiger partial charge in [0.1, 0.15) is 6.04 Å². The quantitative estimate of drug-likeness (QED) is 0.707. The number of hydrogen-bond donors (Lipinski definition) is 2. The van der Waals surface area contributed by atoms with Crippen molar-refractivity contribution in [2.24, 2.45) is 5.73 Å². The van der Waals surface area contributed by atoms with Crippen LogP contribution in [0.1, 0.15) is 6.92 Å². The maximum Gasteiger partial charge on any atom is 0.244 e. The van der Waals surface area contributed by atoms with Crippen molar-refractivity contribution in [3.63, 3.8) is 0 Å². The molecule has 1 atom stereocenters. The zero-order valence-electron chi connectivity index (χ0n) is 8.16. The van der Waals surface area contributed by atoms with Crippen LogP contribution in [-0.4, -0.2) is 11.9 Å². The molecule has 0 spiro atoms. The third kappa shape index (κ3) is 2.62. The van der Waals surface area contributed by atoms with E-state index in [-0.39, 0.29) is 0 Å². The Hall–Kier alpha value is -1.77. The van der Waals surface area contributed by atoms with Crippen LogP contribution in [-0.2, 0) is 4.79 Å². The summed E-state index contributed by atoms with van der Waals surface area (Å²) in [6.45, 7) is 5.48. The van der Waals surface area contributed by atoms with E-state index < -0.39 is 11.9 Å². The Kier molecular flexibility index (Phi) is 3.29. The second-order valence-corrected chi connectivity index (χ2v) is 3.19. The molecular weight excluding hydrogens is 176 g/mol. The molecule has 0 bridgehead atoms. The Morgan fingerprint density at radius 1 is 1.43 bits per heavy atom. The van der Waals surface area contributed by atoms with Crippen LogP contribution in [0.5, 0.6) is 0 Å². The number of primary amides is 1. The summed E-state index contributed by atoms with van der Waals surface area (Å²) in [7, 11) is 0. The van der Waals surface area contributed by atoms with Crippen molar-refractivity contribution >= 4 is 11.6 Å². The fourth-order valence-electron chi connectivity index (χ4n) is 1.14. The van der Waals surface area contributed by atoms with Gasteiger partial charge in [-0.2, -0.15) is 0 Å². The smallest absolute Gasteiger partial charge is 0.244 e. The Balaban J connectivity index is 2.75. The van der Waals surface area contributed by atoms with Gasteiger partial charge in [0.25, 0.3) is 0 Å². The minimum absolute atomic E-state index is 0.415. The largest absolute Gasteiger partial charge is 0.370 e. The van der Waals surface area contributed by atoms with Crippen molar-refractivity contribution < 1.29 is 4.79 Å². The molecule has 0 heterocycles. The molecule has 1 aromatic carbocycles. The van der Waals surface area contributed by atoms with Crippen LogP contribution in [0.4, 0.5) is 5.69 Å². The van der Waals surface area contributed by atoms with Crippen LogP contribution in [0.25, 0.3) is 0 Å².